The highest BCUT2D eigenvalue weighted by atomic mass is 35.5. The van der Waals surface area contributed by atoms with E-state index in [0.29, 0.717) is 22.1 Å². The Hall–Kier alpha value is -3.10. The van der Waals surface area contributed by atoms with E-state index in [2.05, 4.69) is 16.2 Å². The average Bonchev–Trinajstić information content (AvgIpc) is 2.70. The molecule has 0 aliphatic rings. The van der Waals surface area contributed by atoms with Crippen molar-refractivity contribution in [2.24, 2.45) is 0 Å². The zero-order valence-corrected chi connectivity index (χ0v) is 16.7. The quantitative estimate of drug-likeness (QED) is 0.392. The zero-order valence-electron chi connectivity index (χ0n) is 15.1. The largest absolute Gasteiger partial charge is 0.493 e. The molecule has 3 N–H and O–H groups in total. The van der Waals surface area contributed by atoms with Gasteiger partial charge in [0.05, 0.1) is 14.2 Å². The second-order valence-electron chi connectivity index (χ2n) is 5.36. The molecule has 7 nitrogen and oxygen atoms in total. The maximum absolute atomic E-state index is 12.0. The minimum atomic E-state index is -0.468. The summed E-state index contributed by atoms with van der Waals surface area (Å²) in [6, 6.07) is 11.6. The van der Waals surface area contributed by atoms with Crippen LogP contribution >= 0.6 is 23.8 Å². The van der Waals surface area contributed by atoms with Crippen LogP contribution in [0, 0.1) is 0 Å². The lowest BCUT2D eigenvalue weighted by Gasteiger charge is -2.10. The molecule has 0 bridgehead atoms. The summed E-state index contributed by atoms with van der Waals surface area (Å²) in [5.41, 5.74) is 5.91. The summed E-state index contributed by atoms with van der Waals surface area (Å²) in [4.78, 5) is 23.9. The lowest BCUT2D eigenvalue weighted by Crippen LogP contribution is -2.48. The van der Waals surface area contributed by atoms with Crippen molar-refractivity contribution in [1.29, 1.82) is 0 Å². The molecule has 0 atom stereocenters. The summed E-state index contributed by atoms with van der Waals surface area (Å²) < 4.78 is 10.4. The second-order valence-corrected chi connectivity index (χ2v) is 6.20. The van der Waals surface area contributed by atoms with Crippen molar-refractivity contribution < 1.29 is 19.1 Å². The molecule has 0 aromatic heterocycles. The highest BCUT2D eigenvalue weighted by Crippen LogP contribution is 2.27. The molecule has 2 rings (SSSR count). The van der Waals surface area contributed by atoms with E-state index in [1.807, 2.05) is 0 Å². The van der Waals surface area contributed by atoms with E-state index in [0.717, 1.165) is 5.56 Å². The number of carbonyl (C=O) groups is 2. The maximum atomic E-state index is 12.0. The van der Waals surface area contributed by atoms with Gasteiger partial charge in [-0.25, -0.2) is 0 Å². The second kappa shape index (κ2) is 10.3. The lowest BCUT2D eigenvalue weighted by atomic mass is 10.2. The molecule has 0 fully saturated rings. The summed E-state index contributed by atoms with van der Waals surface area (Å²) in [6.45, 7) is 0. The van der Waals surface area contributed by atoms with Crippen molar-refractivity contribution in [2.75, 3.05) is 14.2 Å². The molecule has 2 amide bonds. The number of thiocarbonyl (C=S) groups is 1. The molecule has 0 heterocycles. The fourth-order valence-electron chi connectivity index (χ4n) is 2.13. The molecule has 0 saturated heterocycles. The fourth-order valence-corrected chi connectivity index (χ4v) is 2.47. The number of methoxy groups -OCH3 is 2. The van der Waals surface area contributed by atoms with Gasteiger partial charge in [-0.3, -0.25) is 25.8 Å². The van der Waals surface area contributed by atoms with E-state index in [1.165, 1.54) is 19.3 Å². The van der Waals surface area contributed by atoms with Crippen molar-refractivity contribution in [3.63, 3.8) is 0 Å². The Morgan fingerprint density at radius 2 is 1.79 bits per heavy atom. The Bertz CT molecular complexity index is 918. The molecular weight excluding hydrogens is 402 g/mol. The van der Waals surface area contributed by atoms with Gasteiger partial charge in [-0.1, -0.05) is 23.7 Å². The minimum absolute atomic E-state index is 0.0580. The minimum Gasteiger partial charge on any atom is -0.493 e. The molecule has 0 aliphatic heterocycles. The number of nitrogens with one attached hydrogen (secondary N) is 3. The van der Waals surface area contributed by atoms with E-state index < -0.39 is 11.8 Å². The van der Waals surface area contributed by atoms with Crippen molar-refractivity contribution in [1.82, 2.24) is 16.2 Å². The highest BCUT2D eigenvalue weighted by molar-refractivity contribution is 7.80. The smallest absolute Gasteiger partial charge is 0.269 e. The predicted octanol–water partition coefficient (Wildman–Crippen LogP) is 2.71. The number of rotatable bonds is 5. The van der Waals surface area contributed by atoms with Gasteiger partial charge in [0.1, 0.15) is 0 Å². The normalized spacial score (nSPS) is 10.2. The third-order valence-corrected chi connectivity index (χ3v) is 3.89. The summed E-state index contributed by atoms with van der Waals surface area (Å²) >= 11 is 10.8. The molecule has 0 saturated carbocycles. The molecule has 0 aliphatic carbocycles. The van der Waals surface area contributed by atoms with Crippen LogP contribution in [0.3, 0.4) is 0 Å². The SMILES string of the molecule is COc1ccc(/C=C/C(=O)NC(=S)NNC(=O)c2cccc(Cl)c2)cc1OC. The number of ether oxygens (including phenoxy) is 2. The first-order valence-electron chi connectivity index (χ1n) is 8.00. The maximum Gasteiger partial charge on any atom is 0.269 e. The van der Waals surface area contributed by atoms with Gasteiger partial charge in [0, 0.05) is 16.7 Å². The van der Waals surface area contributed by atoms with Gasteiger partial charge in [-0.2, -0.15) is 0 Å². The number of hydrogen-bond donors (Lipinski definition) is 3. The van der Waals surface area contributed by atoms with Crippen molar-refractivity contribution in [2.45, 2.75) is 0 Å². The average molecular weight is 420 g/mol. The summed E-state index contributed by atoms with van der Waals surface area (Å²) in [5.74, 6) is 0.222. The van der Waals surface area contributed by atoms with Gasteiger partial charge in [0.25, 0.3) is 5.91 Å². The molecule has 2 aromatic carbocycles. The number of halogens is 1. The van der Waals surface area contributed by atoms with Crippen LogP contribution in [-0.4, -0.2) is 31.1 Å². The van der Waals surface area contributed by atoms with Gasteiger partial charge in [-0.05, 0) is 54.2 Å². The van der Waals surface area contributed by atoms with Crippen LogP contribution in [0.1, 0.15) is 15.9 Å². The molecule has 0 radical (unpaired) electrons. The zero-order chi connectivity index (χ0) is 20.5. The first-order chi connectivity index (χ1) is 13.4. The van der Waals surface area contributed by atoms with E-state index in [4.69, 9.17) is 33.3 Å². The van der Waals surface area contributed by atoms with Crippen LogP contribution in [0.15, 0.2) is 48.5 Å². The molecule has 28 heavy (non-hydrogen) atoms. The van der Waals surface area contributed by atoms with Gasteiger partial charge < -0.3 is 9.47 Å². The van der Waals surface area contributed by atoms with Crippen molar-refractivity contribution >= 4 is 46.8 Å². The van der Waals surface area contributed by atoms with Gasteiger partial charge in [0.2, 0.25) is 5.91 Å². The Morgan fingerprint density at radius 3 is 2.46 bits per heavy atom. The van der Waals surface area contributed by atoms with Crippen molar-refractivity contribution in [3.05, 3.63) is 64.7 Å². The monoisotopic (exact) mass is 419 g/mol. The van der Waals surface area contributed by atoms with E-state index in [1.54, 1.807) is 49.6 Å². The predicted molar refractivity (Wildman–Crippen MR) is 111 cm³/mol. The Morgan fingerprint density at radius 1 is 1.04 bits per heavy atom. The van der Waals surface area contributed by atoms with E-state index in [-0.39, 0.29) is 5.11 Å². The topological polar surface area (TPSA) is 88.7 Å². The molecule has 146 valence electrons. The van der Waals surface area contributed by atoms with Crippen LogP contribution in [0.5, 0.6) is 11.5 Å². The first-order valence-corrected chi connectivity index (χ1v) is 8.78. The third kappa shape index (κ3) is 6.26. The molecule has 0 spiro atoms. The van der Waals surface area contributed by atoms with Gasteiger partial charge >= 0.3 is 0 Å². The standard InChI is InChI=1S/C19H18ClN3O4S/c1-26-15-8-6-12(10-16(15)27-2)7-9-17(24)21-19(28)23-22-18(25)13-4-3-5-14(20)11-13/h3-11H,1-2H3,(H,22,25)(H2,21,23,24,28)/b9-7+. The van der Waals surface area contributed by atoms with Crippen LogP contribution in [0.4, 0.5) is 0 Å². The molecular formula is C19H18ClN3O4S. The summed E-state index contributed by atoms with van der Waals surface area (Å²) in [6.07, 6.45) is 2.89. The van der Waals surface area contributed by atoms with Gasteiger partial charge in [-0.15, -0.1) is 0 Å². The van der Waals surface area contributed by atoms with E-state index >= 15 is 0 Å². The molecule has 2 aromatic rings. The number of carbonyl (C=O) groups excluding carboxylic acids is 2. The van der Waals surface area contributed by atoms with Crippen LogP contribution in [-0.2, 0) is 4.79 Å². The van der Waals surface area contributed by atoms with Gasteiger partial charge in [0.15, 0.2) is 16.6 Å². The first kappa shape index (κ1) is 21.2. The Labute approximate surface area is 172 Å². The van der Waals surface area contributed by atoms with Crippen LogP contribution in [0.2, 0.25) is 5.02 Å². The highest BCUT2D eigenvalue weighted by Gasteiger charge is 2.07. The number of hydrogen-bond acceptors (Lipinski definition) is 5. The van der Waals surface area contributed by atoms with Crippen LogP contribution < -0.4 is 25.6 Å². The number of benzene rings is 2. The van der Waals surface area contributed by atoms with Crippen LogP contribution in [0.25, 0.3) is 6.08 Å². The number of amides is 2. The molecule has 9 heteroatoms. The summed E-state index contributed by atoms with van der Waals surface area (Å²) in [5, 5.41) is 2.79. The fraction of sp³-hybridized carbons (Fsp3) is 0.105. The van der Waals surface area contributed by atoms with E-state index in [9.17, 15) is 9.59 Å². The number of hydrazine groups is 1. The summed E-state index contributed by atoms with van der Waals surface area (Å²) in [7, 11) is 3.07. The Balaban J connectivity index is 1.86. The molecule has 0 unspecified atom stereocenters. The third-order valence-electron chi connectivity index (χ3n) is 3.45. The Kier molecular flexibility index (Phi) is 7.79. The van der Waals surface area contributed by atoms with Crippen molar-refractivity contribution in [3.8, 4) is 11.5 Å². The lowest BCUT2D eigenvalue weighted by molar-refractivity contribution is -0.115.